The first-order valence-electron chi connectivity index (χ1n) is 6.54. The number of nitriles is 1. The number of benzene rings is 1. The van der Waals surface area contributed by atoms with Crippen LogP contribution in [0.4, 0.5) is 0 Å². The predicted molar refractivity (Wildman–Crippen MR) is 71.5 cm³/mol. The van der Waals surface area contributed by atoms with Crippen LogP contribution in [0.15, 0.2) is 24.3 Å². The van der Waals surface area contributed by atoms with Crippen LogP contribution in [-0.2, 0) is 6.42 Å². The predicted octanol–water partition coefficient (Wildman–Crippen LogP) is 2.47. The standard InChI is InChI=1S/C15H20N2O/c1-18-15-7-3-2-6-14(15)11-13-5-4-9-17(12-13)10-8-16/h2-3,6-7,13H,4-5,9-12H2,1H3/t13-/m0/s1. The van der Waals surface area contributed by atoms with Gasteiger partial charge in [-0.3, -0.25) is 4.90 Å². The molecular formula is C15H20N2O. The third kappa shape index (κ3) is 3.24. The van der Waals surface area contributed by atoms with Gasteiger partial charge in [0.05, 0.1) is 19.7 Å². The summed E-state index contributed by atoms with van der Waals surface area (Å²) in [5, 5.41) is 8.77. The Morgan fingerprint density at radius 3 is 3.06 bits per heavy atom. The van der Waals surface area contributed by atoms with E-state index >= 15 is 0 Å². The van der Waals surface area contributed by atoms with E-state index in [-0.39, 0.29) is 0 Å². The largest absolute Gasteiger partial charge is 0.496 e. The summed E-state index contributed by atoms with van der Waals surface area (Å²) in [6.07, 6.45) is 3.49. The lowest BCUT2D eigenvalue weighted by molar-refractivity contribution is 0.191. The number of likely N-dealkylation sites (tertiary alicyclic amines) is 1. The molecule has 0 N–H and O–H groups in total. The third-order valence-electron chi connectivity index (χ3n) is 3.60. The molecule has 0 bridgehead atoms. The maximum Gasteiger partial charge on any atom is 0.122 e. The lowest BCUT2D eigenvalue weighted by atomic mass is 9.91. The Hall–Kier alpha value is -1.53. The molecule has 1 saturated heterocycles. The molecule has 0 saturated carbocycles. The highest BCUT2D eigenvalue weighted by Crippen LogP contribution is 2.25. The van der Waals surface area contributed by atoms with Gasteiger partial charge in [0, 0.05) is 6.54 Å². The van der Waals surface area contributed by atoms with Crippen molar-refractivity contribution in [2.24, 2.45) is 5.92 Å². The van der Waals surface area contributed by atoms with E-state index in [9.17, 15) is 0 Å². The minimum absolute atomic E-state index is 0.558. The highest BCUT2D eigenvalue weighted by molar-refractivity contribution is 5.33. The fraction of sp³-hybridized carbons (Fsp3) is 0.533. The van der Waals surface area contributed by atoms with E-state index in [1.54, 1.807) is 7.11 Å². The van der Waals surface area contributed by atoms with E-state index < -0.39 is 0 Å². The molecule has 1 aliphatic rings. The van der Waals surface area contributed by atoms with Crippen LogP contribution in [0.2, 0.25) is 0 Å². The Balaban J connectivity index is 1.98. The Morgan fingerprint density at radius 2 is 2.28 bits per heavy atom. The van der Waals surface area contributed by atoms with Crippen molar-refractivity contribution in [1.82, 2.24) is 4.90 Å². The number of hydrogen-bond acceptors (Lipinski definition) is 3. The highest BCUT2D eigenvalue weighted by atomic mass is 16.5. The summed E-state index contributed by atoms with van der Waals surface area (Å²) >= 11 is 0. The molecule has 18 heavy (non-hydrogen) atoms. The summed E-state index contributed by atoms with van der Waals surface area (Å²) in [6.45, 7) is 2.66. The molecule has 2 rings (SSSR count). The molecule has 1 fully saturated rings. The van der Waals surface area contributed by atoms with Crippen LogP contribution in [0.5, 0.6) is 5.75 Å². The van der Waals surface area contributed by atoms with Crippen molar-refractivity contribution in [3.63, 3.8) is 0 Å². The molecule has 0 spiro atoms. The van der Waals surface area contributed by atoms with Gasteiger partial charge in [0.25, 0.3) is 0 Å². The second-order valence-electron chi connectivity index (χ2n) is 4.92. The molecule has 0 unspecified atom stereocenters. The summed E-state index contributed by atoms with van der Waals surface area (Å²) in [6, 6.07) is 10.5. The van der Waals surface area contributed by atoms with Crippen LogP contribution in [0, 0.1) is 17.2 Å². The van der Waals surface area contributed by atoms with E-state index in [2.05, 4.69) is 23.1 Å². The van der Waals surface area contributed by atoms with Gasteiger partial charge in [-0.1, -0.05) is 18.2 Å². The number of hydrogen-bond donors (Lipinski definition) is 0. The van der Waals surface area contributed by atoms with Gasteiger partial charge in [-0.05, 0) is 43.4 Å². The van der Waals surface area contributed by atoms with Crippen molar-refractivity contribution in [3.8, 4) is 11.8 Å². The van der Waals surface area contributed by atoms with Crippen molar-refractivity contribution in [2.45, 2.75) is 19.3 Å². The molecule has 96 valence electrons. The van der Waals surface area contributed by atoms with Crippen molar-refractivity contribution >= 4 is 0 Å². The molecule has 1 aromatic rings. The van der Waals surface area contributed by atoms with Gasteiger partial charge in [-0.25, -0.2) is 0 Å². The number of ether oxygens (including phenoxy) is 1. The number of rotatable bonds is 4. The SMILES string of the molecule is COc1ccccc1C[C@@H]1CCCN(CC#N)C1. The maximum atomic E-state index is 8.77. The average molecular weight is 244 g/mol. The van der Waals surface area contributed by atoms with Crippen molar-refractivity contribution in [1.29, 1.82) is 5.26 Å². The third-order valence-corrected chi connectivity index (χ3v) is 3.60. The van der Waals surface area contributed by atoms with Crippen molar-refractivity contribution in [2.75, 3.05) is 26.7 Å². The van der Waals surface area contributed by atoms with Crippen LogP contribution in [0.25, 0.3) is 0 Å². The van der Waals surface area contributed by atoms with E-state index in [0.717, 1.165) is 25.3 Å². The molecule has 0 radical (unpaired) electrons. The number of piperidine rings is 1. The minimum Gasteiger partial charge on any atom is -0.496 e. The molecule has 1 aromatic carbocycles. The van der Waals surface area contributed by atoms with Crippen LogP contribution >= 0.6 is 0 Å². The molecule has 3 heteroatoms. The van der Waals surface area contributed by atoms with Gasteiger partial charge in [-0.2, -0.15) is 5.26 Å². The van der Waals surface area contributed by atoms with Gasteiger partial charge in [0.15, 0.2) is 0 Å². The fourth-order valence-corrected chi connectivity index (χ4v) is 2.74. The maximum absolute atomic E-state index is 8.77. The van der Waals surface area contributed by atoms with E-state index in [1.165, 1.54) is 18.4 Å². The molecule has 3 nitrogen and oxygen atoms in total. The van der Waals surface area contributed by atoms with Gasteiger partial charge in [-0.15, -0.1) is 0 Å². The lowest BCUT2D eigenvalue weighted by Crippen LogP contribution is -2.36. The summed E-state index contributed by atoms with van der Waals surface area (Å²) in [7, 11) is 1.72. The normalized spacial score (nSPS) is 20.3. The molecule has 1 aliphatic heterocycles. The summed E-state index contributed by atoms with van der Waals surface area (Å²) < 4.78 is 5.40. The van der Waals surface area contributed by atoms with E-state index in [0.29, 0.717) is 12.5 Å². The van der Waals surface area contributed by atoms with E-state index in [4.69, 9.17) is 10.00 Å². The lowest BCUT2D eigenvalue weighted by Gasteiger charge is -2.31. The number of para-hydroxylation sites is 1. The van der Waals surface area contributed by atoms with Crippen LogP contribution < -0.4 is 4.74 Å². The second-order valence-corrected chi connectivity index (χ2v) is 4.92. The minimum atomic E-state index is 0.558. The van der Waals surface area contributed by atoms with E-state index in [1.807, 2.05) is 12.1 Å². The highest BCUT2D eigenvalue weighted by Gasteiger charge is 2.20. The first-order valence-corrected chi connectivity index (χ1v) is 6.54. The van der Waals surface area contributed by atoms with Crippen LogP contribution in [-0.4, -0.2) is 31.6 Å². The summed E-state index contributed by atoms with van der Waals surface area (Å²) in [5.74, 6) is 1.62. The monoisotopic (exact) mass is 244 g/mol. The van der Waals surface area contributed by atoms with Gasteiger partial charge in [0.2, 0.25) is 0 Å². The van der Waals surface area contributed by atoms with Gasteiger partial charge >= 0.3 is 0 Å². The second kappa shape index (κ2) is 6.42. The molecule has 0 amide bonds. The number of methoxy groups -OCH3 is 1. The molecule has 0 aromatic heterocycles. The Bertz CT molecular complexity index is 425. The van der Waals surface area contributed by atoms with Crippen LogP contribution in [0.3, 0.4) is 0 Å². The van der Waals surface area contributed by atoms with Gasteiger partial charge < -0.3 is 4.74 Å². The van der Waals surface area contributed by atoms with Crippen molar-refractivity contribution in [3.05, 3.63) is 29.8 Å². The summed E-state index contributed by atoms with van der Waals surface area (Å²) in [5.41, 5.74) is 1.28. The number of nitrogens with zero attached hydrogens (tertiary/aromatic N) is 2. The molecule has 1 atom stereocenters. The smallest absolute Gasteiger partial charge is 0.122 e. The molecule has 1 heterocycles. The quantitative estimate of drug-likeness (QED) is 0.763. The summed E-state index contributed by atoms with van der Waals surface area (Å²) in [4.78, 5) is 2.25. The average Bonchev–Trinajstić information content (AvgIpc) is 2.40. The first-order chi connectivity index (χ1) is 8.83. The molecular weight excluding hydrogens is 224 g/mol. The Labute approximate surface area is 109 Å². The first kappa shape index (κ1) is 12.9. The Morgan fingerprint density at radius 1 is 1.44 bits per heavy atom. The Kier molecular flexibility index (Phi) is 4.60. The topological polar surface area (TPSA) is 36.3 Å². The van der Waals surface area contributed by atoms with Crippen molar-refractivity contribution < 1.29 is 4.74 Å². The zero-order valence-electron chi connectivity index (χ0n) is 10.9. The van der Waals surface area contributed by atoms with Gasteiger partial charge in [0.1, 0.15) is 5.75 Å². The fourth-order valence-electron chi connectivity index (χ4n) is 2.74. The molecule has 0 aliphatic carbocycles. The van der Waals surface area contributed by atoms with Crippen LogP contribution in [0.1, 0.15) is 18.4 Å². The zero-order valence-corrected chi connectivity index (χ0v) is 10.9. The zero-order chi connectivity index (χ0) is 12.8.